The van der Waals surface area contributed by atoms with E-state index < -0.39 is 0 Å². The molecule has 98 valence electrons. The average molecular weight is 258 g/mol. The highest BCUT2D eigenvalue weighted by atomic mass is 16.2. The molecule has 2 aromatic rings. The minimum Gasteiger partial charge on any atom is -0.399 e. The maximum Gasteiger partial charge on any atom is 0.234 e. The summed E-state index contributed by atoms with van der Waals surface area (Å²) in [5.41, 5.74) is 8.05. The molecule has 0 bridgehead atoms. The fourth-order valence-corrected chi connectivity index (χ4v) is 2.57. The molecule has 1 atom stereocenters. The molecule has 0 saturated carbocycles. The zero-order valence-electron chi connectivity index (χ0n) is 10.5. The molecule has 6 nitrogen and oxygen atoms in total. The largest absolute Gasteiger partial charge is 0.399 e. The number of anilines is 1. The van der Waals surface area contributed by atoms with Crippen LogP contribution in [0.3, 0.4) is 0 Å². The summed E-state index contributed by atoms with van der Waals surface area (Å²) in [6.07, 6.45) is 2.74. The Hall–Kier alpha value is -2.37. The van der Waals surface area contributed by atoms with Gasteiger partial charge in [-0.1, -0.05) is 0 Å². The summed E-state index contributed by atoms with van der Waals surface area (Å²) in [5.74, 6) is -0.813. The van der Waals surface area contributed by atoms with Crippen LogP contribution in [-0.4, -0.2) is 21.6 Å². The minimum absolute atomic E-state index is 0.215. The number of nitrogens with zero attached hydrogens (tertiary/aromatic N) is 2. The molecule has 1 unspecified atom stereocenters. The molecule has 0 aliphatic carbocycles. The lowest BCUT2D eigenvalue weighted by atomic mass is 9.88. The van der Waals surface area contributed by atoms with Gasteiger partial charge in [0.1, 0.15) is 0 Å². The fraction of sp³-hybridized carbons (Fsp3) is 0.308. The predicted molar refractivity (Wildman–Crippen MR) is 70.3 cm³/mol. The van der Waals surface area contributed by atoms with Crippen LogP contribution in [0.1, 0.15) is 24.3 Å². The first-order chi connectivity index (χ1) is 9.04. The number of hydrogen-bond acceptors (Lipinski definition) is 4. The SMILES string of the molecule is Cn1cc2c(C3CCC(=O)NC3=O)cc(N)cc2n1. The molecular formula is C13H14N4O2. The summed E-state index contributed by atoms with van der Waals surface area (Å²) in [4.78, 5) is 23.2. The maximum atomic E-state index is 12.0. The van der Waals surface area contributed by atoms with Crippen LogP contribution in [0.5, 0.6) is 0 Å². The van der Waals surface area contributed by atoms with E-state index in [-0.39, 0.29) is 17.7 Å². The van der Waals surface area contributed by atoms with Crippen LogP contribution < -0.4 is 11.1 Å². The highest BCUT2D eigenvalue weighted by molar-refractivity contribution is 6.03. The zero-order valence-corrected chi connectivity index (χ0v) is 10.5. The van der Waals surface area contributed by atoms with Gasteiger partial charge >= 0.3 is 0 Å². The zero-order chi connectivity index (χ0) is 13.6. The Morgan fingerprint density at radius 1 is 1.42 bits per heavy atom. The summed E-state index contributed by atoms with van der Waals surface area (Å²) >= 11 is 0. The van der Waals surface area contributed by atoms with Crippen molar-refractivity contribution in [3.05, 3.63) is 23.9 Å². The Labute approximate surface area is 109 Å². The number of nitrogen functional groups attached to an aromatic ring is 1. The first kappa shape index (κ1) is 11.7. The van der Waals surface area contributed by atoms with Crippen molar-refractivity contribution in [2.24, 2.45) is 7.05 Å². The van der Waals surface area contributed by atoms with Gasteiger partial charge in [0.25, 0.3) is 0 Å². The molecule has 2 heterocycles. The summed E-state index contributed by atoms with van der Waals surface area (Å²) in [5, 5.41) is 7.59. The minimum atomic E-state index is -0.340. The molecule has 2 amide bonds. The average Bonchev–Trinajstić information content (AvgIpc) is 2.68. The Morgan fingerprint density at radius 3 is 2.95 bits per heavy atom. The van der Waals surface area contributed by atoms with Crippen LogP contribution in [0, 0.1) is 0 Å². The van der Waals surface area contributed by atoms with E-state index in [4.69, 9.17) is 5.73 Å². The van der Waals surface area contributed by atoms with Crippen molar-refractivity contribution in [2.75, 3.05) is 5.73 Å². The standard InChI is InChI=1S/C13H14N4O2/c1-17-6-10-9(4-7(14)5-11(10)16-17)8-2-3-12(18)15-13(8)19/h4-6,8H,2-3,14H2,1H3,(H,15,18,19). The molecule has 1 aliphatic rings. The van der Waals surface area contributed by atoms with Gasteiger partial charge in [-0.3, -0.25) is 19.6 Å². The number of amides is 2. The van der Waals surface area contributed by atoms with Crippen LogP contribution in [-0.2, 0) is 16.6 Å². The quantitative estimate of drug-likeness (QED) is 0.581. The van der Waals surface area contributed by atoms with Crippen molar-refractivity contribution in [2.45, 2.75) is 18.8 Å². The molecule has 6 heteroatoms. The smallest absolute Gasteiger partial charge is 0.234 e. The number of nitrogens with two attached hydrogens (primary N) is 1. The number of nitrogens with one attached hydrogen (secondary N) is 1. The van der Waals surface area contributed by atoms with Gasteiger partial charge in [-0.25, -0.2) is 0 Å². The molecule has 3 rings (SSSR count). The maximum absolute atomic E-state index is 12.0. The van der Waals surface area contributed by atoms with Gasteiger partial charge in [0, 0.05) is 30.7 Å². The number of hydrogen-bond donors (Lipinski definition) is 2. The molecule has 3 N–H and O–H groups in total. The number of piperidine rings is 1. The number of benzene rings is 1. The first-order valence-corrected chi connectivity index (χ1v) is 6.11. The molecular weight excluding hydrogens is 244 g/mol. The number of fused-ring (bicyclic) bond motifs is 1. The molecule has 1 aliphatic heterocycles. The molecule has 1 fully saturated rings. The third kappa shape index (κ3) is 1.95. The van der Waals surface area contributed by atoms with Crippen molar-refractivity contribution in [1.29, 1.82) is 0 Å². The third-order valence-corrected chi connectivity index (χ3v) is 3.41. The van der Waals surface area contributed by atoms with Crippen LogP contribution in [0.2, 0.25) is 0 Å². The van der Waals surface area contributed by atoms with Crippen LogP contribution >= 0.6 is 0 Å². The molecule has 1 aromatic carbocycles. The van der Waals surface area contributed by atoms with Gasteiger partial charge < -0.3 is 5.73 Å². The lowest BCUT2D eigenvalue weighted by Crippen LogP contribution is -2.39. The molecule has 1 saturated heterocycles. The van der Waals surface area contributed by atoms with Gasteiger partial charge in [0.2, 0.25) is 11.8 Å². The lowest BCUT2D eigenvalue weighted by Gasteiger charge is -2.21. The van der Waals surface area contributed by atoms with Crippen molar-refractivity contribution < 1.29 is 9.59 Å². The Morgan fingerprint density at radius 2 is 2.21 bits per heavy atom. The highest BCUT2D eigenvalue weighted by Gasteiger charge is 2.29. The van der Waals surface area contributed by atoms with Gasteiger partial charge in [0.05, 0.1) is 11.4 Å². The van der Waals surface area contributed by atoms with E-state index in [0.717, 1.165) is 16.5 Å². The van der Waals surface area contributed by atoms with Crippen molar-refractivity contribution in [1.82, 2.24) is 15.1 Å². The van der Waals surface area contributed by atoms with E-state index in [1.54, 1.807) is 16.8 Å². The number of carbonyl (C=O) groups is 2. The van der Waals surface area contributed by atoms with E-state index in [0.29, 0.717) is 18.5 Å². The topological polar surface area (TPSA) is 90.0 Å². The number of aryl methyl sites for hydroxylation is 1. The fourth-order valence-electron chi connectivity index (χ4n) is 2.57. The number of carbonyl (C=O) groups excluding carboxylic acids is 2. The third-order valence-electron chi connectivity index (χ3n) is 3.41. The highest BCUT2D eigenvalue weighted by Crippen LogP contribution is 2.32. The lowest BCUT2D eigenvalue weighted by molar-refractivity contribution is -0.134. The van der Waals surface area contributed by atoms with Gasteiger partial charge in [-0.05, 0) is 24.1 Å². The van der Waals surface area contributed by atoms with E-state index in [9.17, 15) is 9.59 Å². The molecule has 1 aromatic heterocycles. The van der Waals surface area contributed by atoms with E-state index >= 15 is 0 Å². The van der Waals surface area contributed by atoms with Crippen LogP contribution in [0.4, 0.5) is 5.69 Å². The molecule has 0 radical (unpaired) electrons. The summed E-state index contributed by atoms with van der Waals surface area (Å²) in [7, 11) is 1.82. The number of imide groups is 1. The number of rotatable bonds is 1. The predicted octanol–water partition coefficient (Wildman–Crippen LogP) is 0.676. The molecule has 0 spiro atoms. The van der Waals surface area contributed by atoms with Gasteiger partial charge in [-0.2, -0.15) is 5.10 Å². The van der Waals surface area contributed by atoms with Crippen LogP contribution in [0.15, 0.2) is 18.3 Å². The van der Waals surface area contributed by atoms with Crippen molar-refractivity contribution in [3.63, 3.8) is 0 Å². The Bertz CT molecular complexity index is 689. The molecule has 19 heavy (non-hydrogen) atoms. The summed E-state index contributed by atoms with van der Waals surface area (Å²) in [6.45, 7) is 0. The summed E-state index contributed by atoms with van der Waals surface area (Å²) in [6, 6.07) is 3.58. The second-order valence-electron chi connectivity index (χ2n) is 4.85. The van der Waals surface area contributed by atoms with E-state index in [1.165, 1.54) is 0 Å². The second kappa shape index (κ2) is 4.08. The Balaban J connectivity index is 2.13. The monoisotopic (exact) mass is 258 g/mol. The van der Waals surface area contributed by atoms with Gasteiger partial charge in [0.15, 0.2) is 0 Å². The second-order valence-corrected chi connectivity index (χ2v) is 4.85. The Kier molecular flexibility index (Phi) is 2.51. The van der Waals surface area contributed by atoms with Gasteiger partial charge in [-0.15, -0.1) is 0 Å². The summed E-state index contributed by atoms with van der Waals surface area (Å²) < 4.78 is 1.69. The number of aromatic nitrogens is 2. The van der Waals surface area contributed by atoms with E-state index in [1.807, 2.05) is 13.2 Å². The van der Waals surface area contributed by atoms with Crippen molar-refractivity contribution in [3.8, 4) is 0 Å². The normalized spacial score (nSPS) is 19.7. The van der Waals surface area contributed by atoms with E-state index in [2.05, 4.69) is 10.4 Å². The first-order valence-electron chi connectivity index (χ1n) is 6.11. The van der Waals surface area contributed by atoms with Crippen LogP contribution in [0.25, 0.3) is 10.9 Å². The van der Waals surface area contributed by atoms with Crippen molar-refractivity contribution >= 4 is 28.4 Å².